The van der Waals surface area contributed by atoms with Crippen molar-refractivity contribution in [2.45, 2.75) is 64.3 Å². The average molecular weight is 521 g/mol. The molecule has 0 unspecified atom stereocenters. The molecule has 206 valence electrons. The summed E-state index contributed by atoms with van der Waals surface area (Å²) < 4.78 is 11.8. The smallest absolute Gasteiger partial charge is 0.256 e. The van der Waals surface area contributed by atoms with Gasteiger partial charge in [0.25, 0.3) is 5.91 Å². The van der Waals surface area contributed by atoms with Gasteiger partial charge in [0, 0.05) is 38.9 Å². The molecule has 1 atom stereocenters. The zero-order valence-electron chi connectivity index (χ0n) is 23.3. The highest BCUT2D eigenvalue weighted by atomic mass is 16.5. The summed E-state index contributed by atoms with van der Waals surface area (Å²) in [6.07, 6.45) is 11.4. The number of hydrogen-bond donors (Lipinski definition) is 0. The van der Waals surface area contributed by atoms with E-state index in [0.29, 0.717) is 17.9 Å². The van der Waals surface area contributed by atoms with Crippen LogP contribution >= 0.6 is 0 Å². The fourth-order valence-electron chi connectivity index (χ4n) is 6.02. The zero-order valence-corrected chi connectivity index (χ0v) is 23.3. The van der Waals surface area contributed by atoms with E-state index in [1.54, 1.807) is 7.11 Å². The Bertz CT molecular complexity index is 1130. The van der Waals surface area contributed by atoms with Crippen LogP contribution in [-0.4, -0.2) is 92.4 Å². The van der Waals surface area contributed by atoms with Gasteiger partial charge in [-0.2, -0.15) is 0 Å². The monoisotopic (exact) mass is 520 g/mol. The van der Waals surface area contributed by atoms with Gasteiger partial charge < -0.3 is 24.2 Å². The molecule has 0 N–H and O–H groups in total. The maximum Gasteiger partial charge on any atom is 0.256 e. The predicted octanol–water partition coefficient (Wildman–Crippen LogP) is 5.53. The highest BCUT2D eigenvalue weighted by Gasteiger charge is 2.31. The number of amides is 1. The summed E-state index contributed by atoms with van der Waals surface area (Å²) in [4.78, 5) is 25.0. The Morgan fingerprint density at radius 3 is 2.37 bits per heavy atom. The first kappa shape index (κ1) is 26.9. The highest BCUT2D eigenvalue weighted by Crippen LogP contribution is 2.37. The topological polar surface area (TPSA) is 57.6 Å². The first-order valence-electron chi connectivity index (χ1n) is 14.7. The van der Waals surface area contributed by atoms with E-state index < -0.39 is 0 Å². The lowest BCUT2D eigenvalue weighted by Gasteiger charge is -2.33. The number of benzene rings is 2. The number of hydrogen-bond acceptors (Lipinski definition) is 6. The number of piperazine rings is 1. The van der Waals surface area contributed by atoms with Crippen LogP contribution in [0.15, 0.2) is 29.3 Å². The van der Waals surface area contributed by atoms with Gasteiger partial charge in [-0.1, -0.05) is 32.6 Å². The Hall–Kier alpha value is -2.64. The van der Waals surface area contributed by atoms with E-state index in [-0.39, 0.29) is 11.9 Å². The number of aliphatic imine (C=N–C) groups is 1. The molecule has 1 amide bonds. The molecule has 2 aromatic rings. The fourth-order valence-corrected chi connectivity index (χ4v) is 6.02. The molecule has 5 rings (SSSR count). The van der Waals surface area contributed by atoms with Gasteiger partial charge in [-0.05, 0) is 73.8 Å². The third-order valence-electron chi connectivity index (χ3n) is 8.45. The minimum absolute atomic E-state index is 0.0796. The molecule has 3 aliphatic heterocycles. The lowest BCUT2D eigenvalue weighted by Crippen LogP contribution is -2.46. The first-order chi connectivity index (χ1) is 18.7. The number of unbranched alkanes of at least 4 members (excludes halogenated alkanes) is 5. The number of ether oxygens (including phenoxy) is 2. The molecule has 38 heavy (non-hydrogen) atoms. The van der Waals surface area contributed by atoms with Crippen molar-refractivity contribution in [1.82, 2.24) is 14.7 Å². The van der Waals surface area contributed by atoms with Gasteiger partial charge in [0.15, 0.2) is 11.5 Å². The van der Waals surface area contributed by atoms with Crippen LogP contribution in [0.25, 0.3) is 10.8 Å². The normalized spacial score (nSPS) is 20.0. The maximum absolute atomic E-state index is 13.1. The van der Waals surface area contributed by atoms with Crippen molar-refractivity contribution in [2.75, 3.05) is 59.5 Å². The molecule has 3 aliphatic rings. The van der Waals surface area contributed by atoms with Crippen LogP contribution in [0.3, 0.4) is 0 Å². The second-order valence-electron chi connectivity index (χ2n) is 11.0. The quantitative estimate of drug-likeness (QED) is 0.345. The van der Waals surface area contributed by atoms with Crippen molar-refractivity contribution >= 4 is 28.6 Å². The van der Waals surface area contributed by atoms with Crippen LogP contribution in [0, 0.1) is 0 Å². The predicted molar refractivity (Wildman–Crippen MR) is 154 cm³/mol. The zero-order chi connectivity index (χ0) is 26.3. The summed E-state index contributed by atoms with van der Waals surface area (Å²) in [6.45, 7) is 11.1. The van der Waals surface area contributed by atoms with Crippen LogP contribution < -0.4 is 9.47 Å². The van der Waals surface area contributed by atoms with Crippen LogP contribution in [0.1, 0.15) is 68.6 Å². The SMILES string of the molecule is CCN1CCN(CCCCCCCCOc2cc3cc4c(cc3cc2OC)C(=O)N2CCC[C@H]2C=N4)CC1. The minimum Gasteiger partial charge on any atom is -0.493 e. The minimum atomic E-state index is 0.0796. The molecule has 3 heterocycles. The number of fused-ring (bicyclic) bond motifs is 3. The molecule has 2 saturated heterocycles. The summed E-state index contributed by atoms with van der Waals surface area (Å²) in [5.74, 6) is 1.55. The molecule has 2 aromatic carbocycles. The molecule has 0 spiro atoms. The van der Waals surface area contributed by atoms with E-state index >= 15 is 0 Å². The van der Waals surface area contributed by atoms with Gasteiger partial charge in [-0.3, -0.25) is 9.79 Å². The molecule has 7 nitrogen and oxygen atoms in total. The lowest BCUT2D eigenvalue weighted by atomic mass is 10.0. The Morgan fingerprint density at radius 2 is 1.58 bits per heavy atom. The van der Waals surface area contributed by atoms with Crippen molar-refractivity contribution in [1.29, 1.82) is 0 Å². The maximum atomic E-state index is 13.1. The number of nitrogens with zero attached hydrogens (tertiary/aromatic N) is 4. The third-order valence-corrected chi connectivity index (χ3v) is 8.45. The number of rotatable bonds is 12. The Kier molecular flexibility index (Phi) is 9.18. The van der Waals surface area contributed by atoms with Crippen molar-refractivity contribution < 1.29 is 14.3 Å². The Balaban J connectivity index is 1.08. The number of likely N-dealkylation sites (N-methyl/N-ethyl adjacent to an activating group) is 1. The second-order valence-corrected chi connectivity index (χ2v) is 11.0. The first-order valence-corrected chi connectivity index (χ1v) is 14.7. The van der Waals surface area contributed by atoms with Crippen LogP contribution in [-0.2, 0) is 0 Å². The van der Waals surface area contributed by atoms with Gasteiger partial charge in [0.2, 0.25) is 0 Å². The fraction of sp³-hybridized carbons (Fsp3) is 0.613. The van der Waals surface area contributed by atoms with Gasteiger partial charge in [-0.25, -0.2) is 0 Å². The van der Waals surface area contributed by atoms with Crippen molar-refractivity contribution in [2.24, 2.45) is 4.99 Å². The molecule has 0 aromatic heterocycles. The molecule has 0 radical (unpaired) electrons. The molecule has 7 heteroatoms. The summed E-state index contributed by atoms with van der Waals surface area (Å²) in [7, 11) is 1.67. The molecule has 0 bridgehead atoms. The van der Waals surface area contributed by atoms with Gasteiger partial charge >= 0.3 is 0 Å². The van der Waals surface area contributed by atoms with Crippen molar-refractivity contribution in [3.63, 3.8) is 0 Å². The van der Waals surface area contributed by atoms with Crippen molar-refractivity contribution in [3.8, 4) is 11.5 Å². The Morgan fingerprint density at radius 1 is 0.868 bits per heavy atom. The molecule has 0 saturated carbocycles. The van der Waals surface area contributed by atoms with E-state index in [9.17, 15) is 4.79 Å². The summed E-state index contributed by atoms with van der Waals surface area (Å²) in [6, 6.07) is 8.10. The molecular formula is C31H44N4O3. The molecular weight excluding hydrogens is 476 g/mol. The second kappa shape index (κ2) is 12.9. The van der Waals surface area contributed by atoms with E-state index in [4.69, 9.17) is 9.47 Å². The van der Waals surface area contributed by atoms with E-state index in [1.165, 1.54) is 71.4 Å². The molecule has 0 aliphatic carbocycles. The van der Waals surface area contributed by atoms with Gasteiger partial charge in [-0.15, -0.1) is 0 Å². The van der Waals surface area contributed by atoms with Gasteiger partial charge in [0.05, 0.1) is 31.0 Å². The van der Waals surface area contributed by atoms with Crippen molar-refractivity contribution in [3.05, 3.63) is 29.8 Å². The standard InChI is InChI=1S/C31H44N4O3/c1-3-33-14-16-34(17-15-33)12-8-6-4-5-7-9-18-38-30-22-25-20-28-27(19-24(25)21-29(30)37-2)31(36)35-13-10-11-26(35)23-32-28/h19-23,26H,3-18H2,1-2H3/t26-/m0/s1. The molecule has 2 fully saturated rings. The van der Waals surface area contributed by atoms with Gasteiger partial charge in [0.1, 0.15) is 0 Å². The van der Waals surface area contributed by atoms with E-state index in [2.05, 4.69) is 21.7 Å². The third kappa shape index (κ3) is 6.32. The highest BCUT2D eigenvalue weighted by molar-refractivity contribution is 6.07. The largest absolute Gasteiger partial charge is 0.493 e. The number of carbonyl (C=O) groups is 1. The van der Waals surface area contributed by atoms with Crippen LogP contribution in [0.2, 0.25) is 0 Å². The van der Waals surface area contributed by atoms with E-state index in [0.717, 1.165) is 48.0 Å². The van der Waals surface area contributed by atoms with Crippen LogP contribution in [0.4, 0.5) is 5.69 Å². The summed E-state index contributed by atoms with van der Waals surface area (Å²) in [5, 5.41) is 1.99. The summed E-state index contributed by atoms with van der Waals surface area (Å²) in [5.41, 5.74) is 1.42. The Labute approximate surface area is 227 Å². The number of methoxy groups -OCH3 is 1. The summed E-state index contributed by atoms with van der Waals surface area (Å²) >= 11 is 0. The number of carbonyl (C=O) groups excluding carboxylic acids is 1. The van der Waals surface area contributed by atoms with E-state index in [1.807, 2.05) is 35.4 Å². The van der Waals surface area contributed by atoms with Crippen LogP contribution in [0.5, 0.6) is 11.5 Å². The average Bonchev–Trinajstić information content (AvgIpc) is 3.38. The lowest BCUT2D eigenvalue weighted by molar-refractivity contribution is 0.0775.